The molecule has 1 aromatic heterocycles. The van der Waals surface area contributed by atoms with E-state index < -0.39 is 0 Å². The second kappa shape index (κ2) is 6.95. The maximum absolute atomic E-state index is 12.3. The molecule has 0 aliphatic heterocycles. The van der Waals surface area contributed by atoms with E-state index in [9.17, 15) is 4.79 Å². The minimum atomic E-state index is -0.149. The third-order valence-corrected chi connectivity index (χ3v) is 4.79. The van der Waals surface area contributed by atoms with E-state index in [0.717, 1.165) is 0 Å². The molecule has 2 aliphatic carbocycles. The average Bonchev–Trinajstić information content (AvgIpc) is 3.17. The highest BCUT2D eigenvalue weighted by atomic mass is 35.5. The fraction of sp³-hybridized carbons (Fsp3) is 0.444. The highest BCUT2D eigenvalue weighted by Crippen LogP contribution is 2.42. The van der Waals surface area contributed by atoms with Gasteiger partial charge in [-0.3, -0.25) is 4.79 Å². The van der Waals surface area contributed by atoms with Crippen molar-refractivity contribution in [2.24, 2.45) is 0 Å². The summed E-state index contributed by atoms with van der Waals surface area (Å²) in [6.07, 6.45) is 5.14. The average molecular weight is 348 g/mol. The second-order valence-electron chi connectivity index (χ2n) is 6.65. The monoisotopic (exact) mass is 347 g/mol. The molecule has 0 radical (unpaired) electrons. The molecule has 0 bridgehead atoms. The molecule has 2 saturated carbocycles. The Labute approximate surface area is 147 Å². The Morgan fingerprint density at radius 1 is 1.29 bits per heavy atom. The normalized spacial score (nSPS) is 22.4. The lowest BCUT2D eigenvalue weighted by atomic mass is 9.93. The van der Waals surface area contributed by atoms with E-state index in [1.807, 2.05) is 18.2 Å². The number of aryl methyl sites for hydroxylation is 1. The van der Waals surface area contributed by atoms with Crippen LogP contribution < -0.4 is 10.6 Å². The largest absolute Gasteiger partial charge is 0.360 e. The van der Waals surface area contributed by atoms with E-state index in [-0.39, 0.29) is 18.3 Å². The van der Waals surface area contributed by atoms with Crippen LogP contribution >= 0.6 is 12.4 Å². The van der Waals surface area contributed by atoms with Gasteiger partial charge in [-0.15, -0.1) is 12.4 Å². The molecular formula is C18H22ClN3O2. The highest BCUT2D eigenvalue weighted by Gasteiger charge is 2.40. The van der Waals surface area contributed by atoms with Crippen LogP contribution in [0.2, 0.25) is 0 Å². The van der Waals surface area contributed by atoms with Crippen molar-refractivity contribution < 1.29 is 9.32 Å². The second-order valence-corrected chi connectivity index (χ2v) is 6.65. The van der Waals surface area contributed by atoms with Crippen LogP contribution in [0.4, 0.5) is 5.82 Å². The minimum absolute atomic E-state index is 0. The summed E-state index contributed by atoms with van der Waals surface area (Å²) in [5, 5.41) is 10.3. The SMILES string of the molecule is Cc1cc(NC(=O)c2cccc([C@@H]3C[C@H]3NC3CCC3)c2)no1.Cl. The van der Waals surface area contributed by atoms with Crippen LogP contribution in [-0.4, -0.2) is 23.1 Å². The molecule has 24 heavy (non-hydrogen) atoms. The summed E-state index contributed by atoms with van der Waals surface area (Å²) < 4.78 is 4.97. The smallest absolute Gasteiger partial charge is 0.256 e. The summed E-state index contributed by atoms with van der Waals surface area (Å²) in [7, 11) is 0. The van der Waals surface area contributed by atoms with E-state index in [1.54, 1.807) is 13.0 Å². The number of carbonyl (C=O) groups is 1. The molecule has 2 atom stereocenters. The molecular weight excluding hydrogens is 326 g/mol. The molecule has 0 unspecified atom stereocenters. The minimum Gasteiger partial charge on any atom is -0.360 e. The molecule has 0 spiro atoms. The Bertz CT molecular complexity index is 727. The number of rotatable bonds is 5. The van der Waals surface area contributed by atoms with Crippen LogP contribution in [0.1, 0.15) is 53.3 Å². The molecule has 1 heterocycles. The first kappa shape index (κ1) is 17.0. The van der Waals surface area contributed by atoms with Crippen molar-refractivity contribution in [2.75, 3.05) is 5.32 Å². The Hall–Kier alpha value is -1.85. The number of aromatic nitrogens is 1. The number of carbonyl (C=O) groups excluding carboxylic acids is 1. The lowest BCUT2D eigenvalue weighted by Crippen LogP contribution is -2.37. The number of nitrogens with one attached hydrogen (secondary N) is 2. The summed E-state index contributed by atoms with van der Waals surface area (Å²) in [6, 6.07) is 10.9. The van der Waals surface area contributed by atoms with Gasteiger partial charge in [-0.2, -0.15) is 0 Å². The predicted octanol–water partition coefficient (Wildman–Crippen LogP) is 3.66. The Kier molecular flexibility index (Phi) is 4.92. The number of hydrogen-bond acceptors (Lipinski definition) is 4. The molecule has 5 nitrogen and oxygen atoms in total. The summed E-state index contributed by atoms with van der Waals surface area (Å²) in [6.45, 7) is 1.80. The van der Waals surface area contributed by atoms with E-state index in [0.29, 0.717) is 35.1 Å². The zero-order valence-corrected chi connectivity index (χ0v) is 14.4. The number of anilines is 1. The van der Waals surface area contributed by atoms with Crippen molar-refractivity contribution in [1.29, 1.82) is 0 Å². The first-order chi connectivity index (χ1) is 11.2. The van der Waals surface area contributed by atoms with E-state index in [2.05, 4.69) is 21.9 Å². The zero-order valence-electron chi connectivity index (χ0n) is 13.6. The Morgan fingerprint density at radius 2 is 2.12 bits per heavy atom. The van der Waals surface area contributed by atoms with Crippen molar-refractivity contribution >= 4 is 24.1 Å². The summed E-state index contributed by atoms with van der Waals surface area (Å²) in [5.41, 5.74) is 1.91. The Balaban J connectivity index is 0.00000169. The first-order valence-corrected chi connectivity index (χ1v) is 8.30. The molecule has 1 aromatic carbocycles. The lowest BCUT2D eigenvalue weighted by Gasteiger charge is -2.26. The van der Waals surface area contributed by atoms with Gasteiger partial charge in [0, 0.05) is 29.6 Å². The van der Waals surface area contributed by atoms with Crippen LogP contribution in [0.15, 0.2) is 34.9 Å². The quantitative estimate of drug-likeness (QED) is 0.866. The van der Waals surface area contributed by atoms with Crippen LogP contribution in [0.25, 0.3) is 0 Å². The number of hydrogen-bond donors (Lipinski definition) is 2. The van der Waals surface area contributed by atoms with Gasteiger partial charge in [0.25, 0.3) is 5.91 Å². The molecule has 1 amide bonds. The van der Waals surface area contributed by atoms with Crippen LogP contribution in [0.5, 0.6) is 0 Å². The third-order valence-electron chi connectivity index (χ3n) is 4.79. The molecule has 2 N–H and O–H groups in total. The van der Waals surface area contributed by atoms with Crippen LogP contribution in [-0.2, 0) is 0 Å². The fourth-order valence-electron chi connectivity index (χ4n) is 3.15. The maximum Gasteiger partial charge on any atom is 0.256 e. The van der Waals surface area contributed by atoms with Crippen LogP contribution in [0.3, 0.4) is 0 Å². The molecule has 2 aromatic rings. The molecule has 4 rings (SSSR count). The molecule has 2 aliphatic rings. The molecule has 128 valence electrons. The van der Waals surface area contributed by atoms with Gasteiger partial charge in [0.05, 0.1) is 0 Å². The number of benzene rings is 1. The van der Waals surface area contributed by atoms with Gasteiger partial charge in [-0.25, -0.2) is 0 Å². The standard InChI is InChI=1S/C18H21N3O2.ClH/c1-11-8-17(21-23-11)20-18(22)13-5-2-4-12(9-13)15-10-16(15)19-14-6-3-7-14;/h2,4-5,8-9,14-16,19H,3,6-7,10H2,1H3,(H,20,21,22);1H/t15-,16+;/m0./s1. The van der Waals surface area contributed by atoms with Gasteiger partial charge in [-0.05, 0) is 43.9 Å². The lowest BCUT2D eigenvalue weighted by molar-refractivity contribution is 0.102. The third kappa shape index (κ3) is 3.62. The number of amides is 1. The maximum atomic E-state index is 12.3. The van der Waals surface area contributed by atoms with Gasteiger partial charge in [0.2, 0.25) is 0 Å². The summed E-state index contributed by atoms with van der Waals surface area (Å²) >= 11 is 0. The number of halogens is 1. The highest BCUT2D eigenvalue weighted by molar-refractivity contribution is 6.03. The topological polar surface area (TPSA) is 67.2 Å². The fourth-order valence-corrected chi connectivity index (χ4v) is 3.15. The van der Waals surface area contributed by atoms with Gasteiger partial charge in [-0.1, -0.05) is 23.7 Å². The summed E-state index contributed by atoms with van der Waals surface area (Å²) in [5.74, 6) is 1.52. The van der Waals surface area contributed by atoms with Crippen molar-refractivity contribution in [1.82, 2.24) is 10.5 Å². The van der Waals surface area contributed by atoms with Crippen molar-refractivity contribution in [3.63, 3.8) is 0 Å². The van der Waals surface area contributed by atoms with Gasteiger partial charge in [0.15, 0.2) is 5.82 Å². The van der Waals surface area contributed by atoms with Crippen LogP contribution in [0, 0.1) is 6.92 Å². The number of nitrogens with zero attached hydrogens (tertiary/aromatic N) is 1. The van der Waals surface area contributed by atoms with E-state index in [4.69, 9.17) is 4.52 Å². The Morgan fingerprint density at radius 3 is 2.79 bits per heavy atom. The molecule has 6 heteroatoms. The first-order valence-electron chi connectivity index (χ1n) is 8.30. The van der Waals surface area contributed by atoms with Gasteiger partial charge < -0.3 is 15.2 Å². The van der Waals surface area contributed by atoms with Gasteiger partial charge >= 0.3 is 0 Å². The van der Waals surface area contributed by atoms with E-state index in [1.165, 1.54) is 31.2 Å². The predicted molar refractivity (Wildman–Crippen MR) is 94.8 cm³/mol. The summed E-state index contributed by atoms with van der Waals surface area (Å²) in [4.78, 5) is 12.3. The molecule has 0 saturated heterocycles. The molecule has 2 fully saturated rings. The zero-order chi connectivity index (χ0) is 15.8. The van der Waals surface area contributed by atoms with Crippen molar-refractivity contribution in [2.45, 2.75) is 50.6 Å². The van der Waals surface area contributed by atoms with E-state index >= 15 is 0 Å². The van der Waals surface area contributed by atoms with Crippen molar-refractivity contribution in [3.8, 4) is 0 Å². The van der Waals surface area contributed by atoms with Gasteiger partial charge in [0.1, 0.15) is 5.76 Å². The van der Waals surface area contributed by atoms with Crippen molar-refractivity contribution in [3.05, 3.63) is 47.2 Å².